The third-order valence-corrected chi connectivity index (χ3v) is 6.03. The molecule has 2 saturated heterocycles. The molecule has 1 aromatic carbocycles. The molecule has 1 aromatic heterocycles. The van der Waals surface area contributed by atoms with Crippen molar-refractivity contribution in [1.82, 2.24) is 5.32 Å². The topological polar surface area (TPSA) is 50.8 Å². The average Bonchev–Trinajstić information content (AvgIpc) is 3.37. The second kappa shape index (κ2) is 8.20. The highest BCUT2D eigenvalue weighted by Gasteiger charge is 2.23. The van der Waals surface area contributed by atoms with Gasteiger partial charge in [0.1, 0.15) is 0 Å². The van der Waals surface area contributed by atoms with Crippen molar-refractivity contribution in [3.05, 3.63) is 41.3 Å². The highest BCUT2D eigenvalue weighted by molar-refractivity contribution is 7.18. The molecular formula is C20H24N2O3S. The Bertz CT molecular complexity index is 735. The zero-order valence-electron chi connectivity index (χ0n) is 14.8. The molecule has 1 amide bonds. The van der Waals surface area contributed by atoms with Gasteiger partial charge < -0.3 is 19.7 Å². The minimum Gasteiger partial charge on any atom is -0.378 e. The number of nitrogens with zero attached hydrogens (tertiary/aromatic N) is 1. The third-order valence-electron chi connectivity index (χ3n) is 4.83. The SMILES string of the molecule is O=C(NC[C@H]1CCCO1)c1cc(-c2ccccc2)c(N2CCOCC2)s1. The maximum absolute atomic E-state index is 12.7. The van der Waals surface area contributed by atoms with E-state index in [1.807, 2.05) is 24.3 Å². The third kappa shape index (κ3) is 3.92. The molecule has 2 aliphatic rings. The number of hydrogen-bond acceptors (Lipinski definition) is 5. The Labute approximate surface area is 157 Å². The average molecular weight is 372 g/mol. The van der Waals surface area contributed by atoms with E-state index in [0.29, 0.717) is 6.54 Å². The standard InChI is InChI=1S/C20H24N2O3S/c23-19(21-14-16-7-4-10-25-16)18-13-17(15-5-2-1-3-6-15)20(26-18)22-8-11-24-12-9-22/h1-3,5-6,13,16H,4,7-12,14H2,(H,21,23)/t16-/m1/s1. The van der Waals surface area contributed by atoms with Crippen LogP contribution in [-0.4, -0.2) is 51.5 Å². The van der Waals surface area contributed by atoms with E-state index in [2.05, 4.69) is 22.3 Å². The monoisotopic (exact) mass is 372 g/mol. The molecule has 0 radical (unpaired) electrons. The van der Waals surface area contributed by atoms with Crippen molar-refractivity contribution < 1.29 is 14.3 Å². The van der Waals surface area contributed by atoms with Crippen LogP contribution in [0.25, 0.3) is 11.1 Å². The van der Waals surface area contributed by atoms with Gasteiger partial charge in [0.25, 0.3) is 5.91 Å². The van der Waals surface area contributed by atoms with Gasteiger partial charge in [-0.05, 0) is 24.5 Å². The van der Waals surface area contributed by atoms with Gasteiger partial charge >= 0.3 is 0 Å². The molecule has 26 heavy (non-hydrogen) atoms. The number of nitrogens with one attached hydrogen (secondary N) is 1. The zero-order valence-corrected chi connectivity index (χ0v) is 15.6. The molecule has 1 N–H and O–H groups in total. The molecule has 138 valence electrons. The van der Waals surface area contributed by atoms with Crippen LogP contribution in [0.3, 0.4) is 0 Å². The van der Waals surface area contributed by atoms with Crippen molar-refractivity contribution in [2.45, 2.75) is 18.9 Å². The number of hydrogen-bond donors (Lipinski definition) is 1. The van der Waals surface area contributed by atoms with Gasteiger partial charge in [0.2, 0.25) is 0 Å². The highest BCUT2D eigenvalue weighted by atomic mass is 32.1. The minimum absolute atomic E-state index is 0.0119. The van der Waals surface area contributed by atoms with Crippen LogP contribution in [0.4, 0.5) is 5.00 Å². The number of carbonyl (C=O) groups excluding carboxylic acids is 1. The molecule has 2 fully saturated rings. The van der Waals surface area contributed by atoms with Gasteiger partial charge in [-0.15, -0.1) is 11.3 Å². The molecule has 0 spiro atoms. The maximum atomic E-state index is 12.7. The Hall–Kier alpha value is -1.89. The van der Waals surface area contributed by atoms with Crippen molar-refractivity contribution in [3.8, 4) is 11.1 Å². The second-order valence-electron chi connectivity index (χ2n) is 6.64. The summed E-state index contributed by atoms with van der Waals surface area (Å²) in [6.07, 6.45) is 2.27. The number of benzene rings is 1. The lowest BCUT2D eigenvalue weighted by atomic mass is 10.1. The zero-order chi connectivity index (χ0) is 17.8. The van der Waals surface area contributed by atoms with E-state index in [-0.39, 0.29) is 12.0 Å². The summed E-state index contributed by atoms with van der Waals surface area (Å²) in [4.78, 5) is 15.8. The van der Waals surface area contributed by atoms with E-state index in [1.165, 1.54) is 0 Å². The van der Waals surface area contributed by atoms with Gasteiger partial charge in [0.05, 0.1) is 29.2 Å². The normalized spacial score (nSPS) is 20.3. The van der Waals surface area contributed by atoms with Crippen LogP contribution >= 0.6 is 11.3 Å². The predicted molar refractivity (Wildman–Crippen MR) is 104 cm³/mol. The predicted octanol–water partition coefficient (Wildman–Crippen LogP) is 3.16. The summed E-state index contributed by atoms with van der Waals surface area (Å²) in [6.45, 7) is 4.57. The van der Waals surface area contributed by atoms with E-state index in [0.717, 1.165) is 66.8 Å². The first-order valence-corrected chi connectivity index (χ1v) is 10.0. The molecule has 3 heterocycles. The van der Waals surface area contributed by atoms with Crippen molar-refractivity contribution in [3.63, 3.8) is 0 Å². The van der Waals surface area contributed by atoms with Crippen molar-refractivity contribution >= 4 is 22.2 Å². The molecule has 4 rings (SSSR count). The molecule has 1 atom stereocenters. The number of rotatable bonds is 5. The molecule has 0 unspecified atom stereocenters. The number of anilines is 1. The van der Waals surface area contributed by atoms with Gasteiger partial charge in [-0.2, -0.15) is 0 Å². The Morgan fingerprint density at radius 2 is 2.00 bits per heavy atom. The minimum atomic E-state index is -0.0119. The number of amides is 1. The van der Waals surface area contributed by atoms with Crippen LogP contribution in [0.1, 0.15) is 22.5 Å². The van der Waals surface area contributed by atoms with Crippen LogP contribution in [-0.2, 0) is 9.47 Å². The van der Waals surface area contributed by atoms with Gasteiger partial charge in [-0.25, -0.2) is 0 Å². The van der Waals surface area contributed by atoms with E-state index in [4.69, 9.17) is 9.47 Å². The van der Waals surface area contributed by atoms with E-state index in [9.17, 15) is 4.79 Å². The summed E-state index contributed by atoms with van der Waals surface area (Å²) in [5.41, 5.74) is 2.27. The summed E-state index contributed by atoms with van der Waals surface area (Å²) >= 11 is 1.57. The molecule has 5 nitrogen and oxygen atoms in total. The van der Waals surface area contributed by atoms with E-state index in [1.54, 1.807) is 11.3 Å². The Morgan fingerprint density at radius 1 is 1.19 bits per heavy atom. The summed E-state index contributed by atoms with van der Waals surface area (Å²) < 4.78 is 11.1. The maximum Gasteiger partial charge on any atom is 0.261 e. The van der Waals surface area contributed by atoms with Gasteiger partial charge in [0, 0.05) is 31.8 Å². The molecular weight excluding hydrogens is 348 g/mol. The fraction of sp³-hybridized carbons (Fsp3) is 0.450. The van der Waals surface area contributed by atoms with Crippen LogP contribution < -0.4 is 10.2 Å². The number of carbonyl (C=O) groups is 1. The summed E-state index contributed by atoms with van der Waals surface area (Å²) in [5.74, 6) is -0.0119. The van der Waals surface area contributed by atoms with Crippen molar-refractivity contribution in [2.24, 2.45) is 0 Å². The van der Waals surface area contributed by atoms with Gasteiger partial charge in [0.15, 0.2) is 0 Å². The molecule has 6 heteroatoms. The summed E-state index contributed by atoms with van der Waals surface area (Å²) in [6, 6.07) is 12.3. The largest absolute Gasteiger partial charge is 0.378 e. The van der Waals surface area contributed by atoms with E-state index < -0.39 is 0 Å². The smallest absolute Gasteiger partial charge is 0.261 e. The van der Waals surface area contributed by atoms with Crippen molar-refractivity contribution in [1.29, 1.82) is 0 Å². The lowest BCUT2D eigenvalue weighted by Crippen LogP contribution is -2.35. The molecule has 2 aromatic rings. The van der Waals surface area contributed by atoms with Crippen LogP contribution in [0.5, 0.6) is 0 Å². The molecule has 0 aliphatic carbocycles. The first-order chi connectivity index (χ1) is 12.8. The van der Waals surface area contributed by atoms with Crippen LogP contribution in [0.2, 0.25) is 0 Å². The molecule has 0 saturated carbocycles. The van der Waals surface area contributed by atoms with Crippen molar-refractivity contribution in [2.75, 3.05) is 44.4 Å². The molecule has 0 bridgehead atoms. The summed E-state index contributed by atoms with van der Waals surface area (Å²) in [7, 11) is 0. The van der Waals surface area contributed by atoms with E-state index >= 15 is 0 Å². The molecule has 2 aliphatic heterocycles. The fourth-order valence-corrected chi connectivity index (χ4v) is 4.57. The second-order valence-corrected chi connectivity index (χ2v) is 7.67. The van der Waals surface area contributed by atoms with Gasteiger partial charge in [-0.1, -0.05) is 30.3 Å². The lowest BCUT2D eigenvalue weighted by molar-refractivity contribution is 0.0861. The number of thiophene rings is 1. The van der Waals surface area contributed by atoms with Crippen LogP contribution in [0.15, 0.2) is 36.4 Å². The van der Waals surface area contributed by atoms with Gasteiger partial charge in [-0.3, -0.25) is 4.79 Å². The first-order valence-electron chi connectivity index (χ1n) is 9.23. The number of morpholine rings is 1. The number of ether oxygens (including phenoxy) is 2. The van der Waals surface area contributed by atoms with Crippen LogP contribution in [0, 0.1) is 0 Å². The lowest BCUT2D eigenvalue weighted by Gasteiger charge is -2.28. The quantitative estimate of drug-likeness (QED) is 0.876. The Morgan fingerprint density at radius 3 is 2.73 bits per heavy atom. The Balaban J connectivity index is 1.56. The summed E-state index contributed by atoms with van der Waals surface area (Å²) in [5, 5.41) is 4.19. The fourth-order valence-electron chi connectivity index (χ4n) is 3.42. The first kappa shape index (κ1) is 17.5. The highest BCUT2D eigenvalue weighted by Crippen LogP contribution is 2.39. The Kier molecular flexibility index (Phi) is 5.53.